The minimum Gasteiger partial charge on any atom is -0.399 e. The molecule has 0 saturated heterocycles. The maximum absolute atomic E-state index is 12.3. The Hall–Kier alpha value is -4.40. The van der Waals surface area contributed by atoms with Gasteiger partial charge in [-0.25, -0.2) is 9.97 Å². The van der Waals surface area contributed by atoms with Crippen molar-refractivity contribution in [2.24, 2.45) is 11.5 Å². The average molecular weight is 403 g/mol. The second-order valence-corrected chi connectivity index (χ2v) is 6.31. The molecule has 0 radical (unpaired) electrons. The van der Waals surface area contributed by atoms with Gasteiger partial charge in [0, 0.05) is 36.8 Å². The molecule has 3 rings (SSSR count). The van der Waals surface area contributed by atoms with Crippen LogP contribution in [0.3, 0.4) is 0 Å². The normalized spacial score (nSPS) is 10.2. The fourth-order valence-electron chi connectivity index (χ4n) is 2.72. The van der Waals surface area contributed by atoms with E-state index in [1.54, 1.807) is 48.7 Å². The lowest BCUT2D eigenvalue weighted by atomic mass is 10.1. The lowest BCUT2D eigenvalue weighted by Crippen LogP contribution is -2.20. The van der Waals surface area contributed by atoms with Crippen molar-refractivity contribution < 1.29 is 9.59 Å². The highest BCUT2D eigenvalue weighted by Crippen LogP contribution is 2.27. The van der Waals surface area contributed by atoms with Crippen LogP contribution in [0.2, 0.25) is 0 Å². The second kappa shape index (κ2) is 8.74. The van der Waals surface area contributed by atoms with Gasteiger partial charge in [0.2, 0.25) is 0 Å². The molecule has 0 bridgehead atoms. The van der Waals surface area contributed by atoms with Gasteiger partial charge in [0.05, 0.1) is 22.5 Å². The van der Waals surface area contributed by atoms with Crippen molar-refractivity contribution >= 4 is 40.5 Å². The van der Waals surface area contributed by atoms with Crippen LogP contribution in [0.15, 0.2) is 61.4 Å². The average Bonchev–Trinajstić information content (AvgIpc) is 2.74. The maximum Gasteiger partial charge on any atom is 0.254 e. The number of pyridine rings is 2. The summed E-state index contributed by atoms with van der Waals surface area (Å²) in [5, 5.41) is 8.73. The smallest absolute Gasteiger partial charge is 0.254 e. The zero-order chi connectivity index (χ0) is 21.7. The van der Waals surface area contributed by atoms with E-state index >= 15 is 0 Å². The van der Waals surface area contributed by atoms with Gasteiger partial charge in [-0.2, -0.15) is 0 Å². The molecule has 0 aliphatic heterocycles. The molecule has 2 amide bonds. The molecule has 9 nitrogen and oxygen atoms in total. The number of rotatable bonds is 7. The van der Waals surface area contributed by atoms with Crippen molar-refractivity contribution in [2.75, 3.05) is 17.7 Å². The topological polar surface area (TPSA) is 148 Å². The van der Waals surface area contributed by atoms with Crippen LogP contribution in [-0.4, -0.2) is 28.8 Å². The van der Waals surface area contributed by atoms with Crippen LogP contribution in [-0.2, 0) is 0 Å². The summed E-state index contributed by atoms with van der Waals surface area (Å²) in [4.78, 5) is 32.5. The quantitative estimate of drug-likeness (QED) is 0.406. The molecule has 0 unspecified atom stereocenters. The van der Waals surface area contributed by atoms with Crippen LogP contribution in [0, 0.1) is 0 Å². The first-order valence-electron chi connectivity index (χ1n) is 8.95. The number of carbonyl (C=O) groups is 2. The van der Waals surface area contributed by atoms with Crippen LogP contribution < -0.4 is 27.4 Å². The minimum absolute atomic E-state index is 0.291. The fraction of sp³-hybridized carbons (Fsp3) is 0.0476. The molecule has 0 saturated carbocycles. The van der Waals surface area contributed by atoms with Crippen molar-refractivity contribution in [3.05, 3.63) is 78.1 Å². The third-order valence-electron chi connectivity index (χ3n) is 4.22. The largest absolute Gasteiger partial charge is 0.399 e. The molecule has 1 aromatic carbocycles. The number of anilines is 4. The number of hydrogen-bond acceptors (Lipinski definition) is 7. The van der Waals surface area contributed by atoms with E-state index in [0.717, 1.165) is 5.56 Å². The van der Waals surface area contributed by atoms with Crippen LogP contribution in [0.4, 0.5) is 23.0 Å². The summed E-state index contributed by atoms with van der Waals surface area (Å²) in [6.07, 6.45) is 3.01. The third kappa shape index (κ3) is 4.53. The van der Waals surface area contributed by atoms with Gasteiger partial charge < -0.3 is 27.4 Å². The summed E-state index contributed by atoms with van der Waals surface area (Å²) in [7, 11) is 1.52. The first-order valence-corrected chi connectivity index (χ1v) is 8.95. The predicted molar refractivity (Wildman–Crippen MR) is 117 cm³/mol. The Balaban J connectivity index is 1.99. The third-order valence-corrected chi connectivity index (χ3v) is 4.22. The van der Waals surface area contributed by atoms with Crippen molar-refractivity contribution in [3.8, 4) is 0 Å². The molecule has 152 valence electrons. The molecule has 2 aromatic heterocycles. The number of primary amides is 1. The highest BCUT2D eigenvalue weighted by Gasteiger charge is 2.15. The molecular formula is C21H21N7O2. The van der Waals surface area contributed by atoms with Crippen LogP contribution in [0.25, 0.3) is 5.70 Å². The number of nitrogens with one attached hydrogen (secondary N) is 3. The molecule has 0 spiro atoms. The summed E-state index contributed by atoms with van der Waals surface area (Å²) in [5.41, 5.74) is 13.8. The van der Waals surface area contributed by atoms with Gasteiger partial charge >= 0.3 is 0 Å². The number of para-hydroxylation sites is 1. The standard InChI is InChI=1S/C21H21N7O2/c1-12(22)13-7-8-25-18(9-13)28-19-10-17(15(11-26-19)21(30)24-2)27-16-6-4-3-5-14(16)20(23)29/h3-11H,1,22H2,2H3,(H2,23,29)(H,24,30)(H2,25,26,27,28). The summed E-state index contributed by atoms with van der Waals surface area (Å²) in [6.45, 7) is 3.71. The fourth-order valence-corrected chi connectivity index (χ4v) is 2.72. The molecule has 0 atom stereocenters. The number of amides is 2. The Morgan fingerprint density at radius 2 is 1.67 bits per heavy atom. The van der Waals surface area contributed by atoms with E-state index in [1.165, 1.54) is 13.2 Å². The summed E-state index contributed by atoms with van der Waals surface area (Å²) in [6, 6.07) is 11.8. The number of benzene rings is 1. The first-order chi connectivity index (χ1) is 14.4. The van der Waals surface area contributed by atoms with Crippen molar-refractivity contribution in [3.63, 3.8) is 0 Å². The van der Waals surface area contributed by atoms with E-state index in [0.29, 0.717) is 39.8 Å². The second-order valence-electron chi connectivity index (χ2n) is 6.31. The van der Waals surface area contributed by atoms with Crippen LogP contribution in [0.5, 0.6) is 0 Å². The number of nitrogens with zero attached hydrogens (tertiary/aromatic N) is 2. The Bertz CT molecular complexity index is 1130. The number of hydrogen-bond donors (Lipinski definition) is 5. The Labute approximate surface area is 173 Å². The molecule has 0 aliphatic rings. The number of nitrogens with two attached hydrogens (primary N) is 2. The van der Waals surface area contributed by atoms with E-state index in [2.05, 4.69) is 32.5 Å². The van der Waals surface area contributed by atoms with Crippen LogP contribution in [0.1, 0.15) is 26.3 Å². The zero-order valence-electron chi connectivity index (χ0n) is 16.3. The maximum atomic E-state index is 12.3. The zero-order valence-corrected chi connectivity index (χ0v) is 16.3. The van der Waals surface area contributed by atoms with E-state index in [9.17, 15) is 9.59 Å². The highest BCUT2D eigenvalue weighted by molar-refractivity contribution is 6.03. The Morgan fingerprint density at radius 3 is 2.37 bits per heavy atom. The number of aromatic nitrogens is 2. The van der Waals surface area contributed by atoms with Crippen molar-refractivity contribution in [1.29, 1.82) is 0 Å². The molecule has 9 heteroatoms. The molecule has 0 aliphatic carbocycles. The van der Waals surface area contributed by atoms with Crippen molar-refractivity contribution in [1.82, 2.24) is 15.3 Å². The van der Waals surface area contributed by atoms with Gasteiger partial charge in [-0.15, -0.1) is 0 Å². The van der Waals surface area contributed by atoms with E-state index in [-0.39, 0.29) is 5.91 Å². The molecular weight excluding hydrogens is 382 g/mol. The van der Waals surface area contributed by atoms with Crippen molar-refractivity contribution in [2.45, 2.75) is 0 Å². The highest BCUT2D eigenvalue weighted by atomic mass is 16.2. The first kappa shape index (κ1) is 20.3. The van der Waals surface area contributed by atoms with Gasteiger partial charge in [-0.3, -0.25) is 9.59 Å². The van der Waals surface area contributed by atoms with Gasteiger partial charge in [0.15, 0.2) is 0 Å². The minimum atomic E-state index is -0.588. The Kier molecular flexibility index (Phi) is 5.92. The summed E-state index contributed by atoms with van der Waals surface area (Å²) < 4.78 is 0. The summed E-state index contributed by atoms with van der Waals surface area (Å²) in [5.74, 6) is -0.000502. The van der Waals surface area contributed by atoms with E-state index in [1.807, 2.05) is 0 Å². The lowest BCUT2D eigenvalue weighted by molar-refractivity contribution is 0.0962. The van der Waals surface area contributed by atoms with Gasteiger partial charge in [-0.05, 0) is 24.3 Å². The van der Waals surface area contributed by atoms with E-state index < -0.39 is 5.91 Å². The predicted octanol–water partition coefficient (Wildman–Crippen LogP) is 2.35. The lowest BCUT2D eigenvalue weighted by Gasteiger charge is -2.15. The van der Waals surface area contributed by atoms with Gasteiger partial charge in [0.1, 0.15) is 11.6 Å². The molecule has 7 N–H and O–H groups in total. The summed E-state index contributed by atoms with van der Waals surface area (Å²) >= 11 is 0. The molecule has 3 aromatic rings. The number of carbonyl (C=O) groups excluding carboxylic acids is 2. The van der Waals surface area contributed by atoms with Gasteiger partial charge in [0.25, 0.3) is 11.8 Å². The molecule has 2 heterocycles. The van der Waals surface area contributed by atoms with E-state index in [4.69, 9.17) is 11.5 Å². The molecule has 30 heavy (non-hydrogen) atoms. The monoisotopic (exact) mass is 403 g/mol. The van der Waals surface area contributed by atoms with Crippen LogP contribution >= 0.6 is 0 Å². The Morgan fingerprint density at radius 1 is 0.933 bits per heavy atom. The van der Waals surface area contributed by atoms with Gasteiger partial charge in [-0.1, -0.05) is 18.7 Å². The SMILES string of the molecule is C=C(N)c1ccnc(Nc2cc(Nc3ccccc3C(N)=O)c(C(=O)NC)cn2)c1. The molecule has 0 fully saturated rings.